The largest absolute Gasteiger partial charge is 0.345 e. The Balaban J connectivity index is 1.82. The van der Waals surface area contributed by atoms with Crippen LogP contribution in [0.1, 0.15) is 75.4 Å². The normalized spacial score (nSPS) is 25.9. The van der Waals surface area contributed by atoms with Crippen molar-refractivity contribution in [2.24, 2.45) is 0 Å². The molecule has 1 N–H and O–H groups in total. The monoisotopic (exact) mass is 307 g/mol. The summed E-state index contributed by atoms with van der Waals surface area (Å²) in [5.41, 5.74) is 1.38. The number of aryl methyl sites for hydroxylation is 1. The molecule has 0 radical (unpaired) electrons. The van der Waals surface area contributed by atoms with Crippen molar-refractivity contribution in [2.75, 3.05) is 18.0 Å². The summed E-state index contributed by atoms with van der Waals surface area (Å²) in [5, 5.41) is 4.95. The van der Waals surface area contributed by atoms with E-state index in [0.717, 1.165) is 12.6 Å². The van der Waals surface area contributed by atoms with Crippen LogP contribution in [0.15, 0.2) is 0 Å². The van der Waals surface area contributed by atoms with Crippen LogP contribution >= 0.6 is 11.3 Å². The van der Waals surface area contributed by atoms with Crippen LogP contribution < -0.4 is 10.2 Å². The Kier molecular flexibility index (Phi) is 5.17. The standard InChI is InChI=1S/C17H29N3S/c1-3-8-13-9-5-6-12-20(13)17-19-15-11-7-10-14(18-4-2)16(15)21-17/h13-14,18H,3-12H2,1-2H3. The van der Waals surface area contributed by atoms with Gasteiger partial charge in [-0.2, -0.15) is 0 Å². The van der Waals surface area contributed by atoms with Crippen molar-refractivity contribution in [1.29, 1.82) is 0 Å². The summed E-state index contributed by atoms with van der Waals surface area (Å²) in [6, 6.07) is 1.29. The van der Waals surface area contributed by atoms with E-state index in [0.29, 0.717) is 6.04 Å². The van der Waals surface area contributed by atoms with Gasteiger partial charge in [0.15, 0.2) is 5.13 Å². The van der Waals surface area contributed by atoms with Gasteiger partial charge in [-0.1, -0.05) is 31.6 Å². The van der Waals surface area contributed by atoms with Crippen molar-refractivity contribution in [3.8, 4) is 0 Å². The molecule has 0 aromatic carbocycles. The Morgan fingerprint density at radius 1 is 1.24 bits per heavy atom. The molecule has 1 aromatic heterocycles. The minimum absolute atomic E-state index is 0.555. The molecule has 0 bridgehead atoms. The number of hydrogen-bond acceptors (Lipinski definition) is 4. The van der Waals surface area contributed by atoms with E-state index in [1.807, 2.05) is 11.3 Å². The summed E-state index contributed by atoms with van der Waals surface area (Å²) in [6.45, 7) is 6.78. The van der Waals surface area contributed by atoms with E-state index >= 15 is 0 Å². The van der Waals surface area contributed by atoms with E-state index < -0.39 is 0 Å². The predicted molar refractivity (Wildman–Crippen MR) is 91.4 cm³/mol. The molecule has 21 heavy (non-hydrogen) atoms. The van der Waals surface area contributed by atoms with Gasteiger partial charge in [-0.05, 0) is 51.5 Å². The molecule has 1 saturated heterocycles. The molecule has 1 fully saturated rings. The highest BCUT2D eigenvalue weighted by molar-refractivity contribution is 7.15. The van der Waals surface area contributed by atoms with Gasteiger partial charge in [0.2, 0.25) is 0 Å². The van der Waals surface area contributed by atoms with E-state index in [4.69, 9.17) is 4.98 Å². The lowest BCUT2D eigenvalue weighted by atomic mass is 9.98. The number of nitrogens with one attached hydrogen (secondary N) is 1. The summed E-state index contributed by atoms with van der Waals surface area (Å²) < 4.78 is 0. The molecule has 1 aliphatic carbocycles. The van der Waals surface area contributed by atoms with E-state index in [-0.39, 0.29) is 0 Å². The van der Waals surface area contributed by atoms with Crippen molar-refractivity contribution in [3.63, 3.8) is 0 Å². The molecule has 2 heterocycles. The second-order valence-electron chi connectivity index (χ2n) is 6.44. The molecule has 1 aromatic rings. The number of fused-ring (bicyclic) bond motifs is 1. The van der Waals surface area contributed by atoms with E-state index in [1.165, 1.54) is 73.6 Å². The molecule has 3 nitrogen and oxygen atoms in total. The van der Waals surface area contributed by atoms with Gasteiger partial charge in [0.25, 0.3) is 0 Å². The number of thiazole rings is 1. The lowest BCUT2D eigenvalue weighted by Crippen LogP contribution is -2.39. The minimum atomic E-state index is 0.555. The summed E-state index contributed by atoms with van der Waals surface area (Å²) in [7, 11) is 0. The maximum atomic E-state index is 5.04. The molecule has 0 amide bonds. The Labute approximate surface area is 133 Å². The molecule has 1 aliphatic heterocycles. The van der Waals surface area contributed by atoms with Crippen molar-refractivity contribution >= 4 is 16.5 Å². The van der Waals surface area contributed by atoms with Crippen LogP contribution in [0.2, 0.25) is 0 Å². The molecule has 118 valence electrons. The fourth-order valence-electron chi connectivity index (χ4n) is 3.86. The van der Waals surface area contributed by atoms with Crippen molar-refractivity contribution in [3.05, 3.63) is 10.6 Å². The van der Waals surface area contributed by atoms with Crippen LogP contribution in [0, 0.1) is 0 Å². The van der Waals surface area contributed by atoms with Gasteiger partial charge in [0.1, 0.15) is 0 Å². The molecule has 2 unspecified atom stereocenters. The maximum Gasteiger partial charge on any atom is 0.186 e. The van der Waals surface area contributed by atoms with Crippen LogP contribution in [-0.4, -0.2) is 24.1 Å². The molecule has 2 atom stereocenters. The van der Waals surface area contributed by atoms with Gasteiger partial charge in [0, 0.05) is 23.5 Å². The number of rotatable bonds is 5. The van der Waals surface area contributed by atoms with E-state index in [9.17, 15) is 0 Å². The fourth-order valence-corrected chi connectivity index (χ4v) is 5.18. The van der Waals surface area contributed by atoms with E-state index in [1.54, 1.807) is 0 Å². The average Bonchev–Trinajstić information content (AvgIpc) is 2.93. The first-order valence-corrected chi connectivity index (χ1v) is 9.64. The first-order chi connectivity index (χ1) is 10.3. The summed E-state index contributed by atoms with van der Waals surface area (Å²) >= 11 is 1.97. The Morgan fingerprint density at radius 3 is 2.95 bits per heavy atom. The van der Waals surface area contributed by atoms with Crippen LogP contribution in [0.5, 0.6) is 0 Å². The van der Waals surface area contributed by atoms with Crippen LogP contribution in [0.3, 0.4) is 0 Å². The highest BCUT2D eigenvalue weighted by atomic mass is 32.1. The second kappa shape index (κ2) is 7.10. The smallest absolute Gasteiger partial charge is 0.186 e. The Hall–Kier alpha value is -0.610. The quantitative estimate of drug-likeness (QED) is 0.879. The van der Waals surface area contributed by atoms with Crippen LogP contribution in [0.25, 0.3) is 0 Å². The third kappa shape index (κ3) is 3.26. The molecule has 3 rings (SSSR count). The van der Waals surface area contributed by atoms with Gasteiger partial charge >= 0.3 is 0 Å². The second-order valence-corrected chi connectivity index (χ2v) is 7.45. The molecule has 2 aliphatic rings. The van der Waals surface area contributed by atoms with Crippen molar-refractivity contribution < 1.29 is 0 Å². The number of hydrogen-bond donors (Lipinski definition) is 1. The third-order valence-electron chi connectivity index (χ3n) is 4.88. The third-order valence-corrected chi connectivity index (χ3v) is 6.13. The number of piperidine rings is 1. The topological polar surface area (TPSA) is 28.2 Å². The molecular weight excluding hydrogens is 278 g/mol. The zero-order valence-corrected chi connectivity index (χ0v) is 14.3. The Morgan fingerprint density at radius 2 is 2.14 bits per heavy atom. The van der Waals surface area contributed by atoms with Gasteiger partial charge in [-0.15, -0.1) is 0 Å². The lowest BCUT2D eigenvalue weighted by molar-refractivity contribution is 0.433. The lowest BCUT2D eigenvalue weighted by Gasteiger charge is -2.35. The van der Waals surface area contributed by atoms with Crippen LogP contribution in [-0.2, 0) is 6.42 Å². The van der Waals surface area contributed by atoms with Crippen molar-refractivity contribution in [1.82, 2.24) is 10.3 Å². The number of aromatic nitrogens is 1. The fraction of sp³-hybridized carbons (Fsp3) is 0.824. The predicted octanol–water partition coefficient (Wildman–Crippen LogP) is 4.29. The first kappa shape index (κ1) is 15.3. The maximum absolute atomic E-state index is 5.04. The molecule has 4 heteroatoms. The summed E-state index contributed by atoms with van der Waals surface area (Å²) in [5.74, 6) is 0. The zero-order valence-electron chi connectivity index (χ0n) is 13.5. The number of nitrogens with zero attached hydrogens (tertiary/aromatic N) is 2. The number of anilines is 1. The Bertz CT molecular complexity index is 455. The average molecular weight is 308 g/mol. The van der Waals surface area contributed by atoms with Gasteiger partial charge < -0.3 is 10.2 Å². The minimum Gasteiger partial charge on any atom is -0.345 e. The van der Waals surface area contributed by atoms with E-state index in [2.05, 4.69) is 24.1 Å². The van der Waals surface area contributed by atoms with Gasteiger partial charge in [-0.25, -0.2) is 4.98 Å². The zero-order chi connectivity index (χ0) is 14.7. The molecule has 0 saturated carbocycles. The van der Waals surface area contributed by atoms with Gasteiger partial charge in [-0.3, -0.25) is 0 Å². The highest BCUT2D eigenvalue weighted by Crippen LogP contribution is 2.39. The SMILES string of the molecule is CCCC1CCCCN1c1nc2c(s1)C(NCC)CCC2. The molecular formula is C17H29N3S. The van der Waals surface area contributed by atoms with Crippen molar-refractivity contribution in [2.45, 2.75) is 77.3 Å². The highest BCUT2D eigenvalue weighted by Gasteiger charge is 2.29. The first-order valence-electron chi connectivity index (χ1n) is 8.83. The summed E-state index contributed by atoms with van der Waals surface area (Å²) in [6.07, 6.45) is 10.4. The molecule has 0 spiro atoms. The van der Waals surface area contributed by atoms with Crippen LogP contribution in [0.4, 0.5) is 5.13 Å². The van der Waals surface area contributed by atoms with Gasteiger partial charge in [0.05, 0.1) is 5.69 Å². The summed E-state index contributed by atoms with van der Waals surface area (Å²) in [4.78, 5) is 9.19.